The molecule has 2 aliphatic rings. The van der Waals surface area contributed by atoms with Crippen LogP contribution in [0.1, 0.15) is 5.56 Å². The van der Waals surface area contributed by atoms with Gasteiger partial charge in [0.2, 0.25) is 11.8 Å². The van der Waals surface area contributed by atoms with Crippen molar-refractivity contribution in [3.05, 3.63) is 40.1 Å². The van der Waals surface area contributed by atoms with Crippen LogP contribution in [0.15, 0.2) is 28.7 Å². The molecule has 2 fully saturated rings. The monoisotopic (exact) mass is 439 g/mol. The zero-order valence-electron chi connectivity index (χ0n) is 15.1. The first-order valence-electron chi connectivity index (χ1n) is 9.03. The molecule has 1 aromatic carbocycles. The van der Waals surface area contributed by atoms with Crippen molar-refractivity contribution in [2.45, 2.75) is 0 Å². The summed E-state index contributed by atoms with van der Waals surface area (Å²) in [4.78, 5) is 30.3. The zero-order valence-corrected chi connectivity index (χ0v) is 16.7. The molecule has 146 valence electrons. The maximum absolute atomic E-state index is 13.7. The van der Waals surface area contributed by atoms with E-state index in [4.69, 9.17) is 4.74 Å². The number of nitrogens with zero attached hydrogens (tertiary/aromatic N) is 3. The second kappa shape index (κ2) is 9.43. The van der Waals surface area contributed by atoms with E-state index in [0.717, 1.165) is 4.47 Å². The number of piperazine rings is 1. The summed E-state index contributed by atoms with van der Waals surface area (Å²) in [7, 11) is 0. The minimum Gasteiger partial charge on any atom is -0.378 e. The van der Waals surface area contributed by atoms with Crippen molar-refractivity contribution in [2.75, 3.05) is 59.0 Å². The van der Waals surface area contributed by atoms with E-state index in [0.29, 0.717) is 64.6 Å². The highest BCUT2D eigenvalue weighted by atomic mass is 79.9. The number of hydrogen-bond donors (Lipinski definition) is 0. The molecule has 0 aromatic heterocycles. The largest absolute Gasteiger partial charge is 0.378 e. The molecular weight excluding hydrogens is 417 g/mol. The van der Waals surface area contributed by atoms with Crippen molar-refractivity contribution in [1.82, 2.24) is 14.7 Å². The van der Waals surface area contributed by atoms with Crippen LogP contribution in [0.4, 0.5) is 4.39 Å². The van der Waals surface area contributed by atoms with E-state index in [2.05, 4.69) is 20.8 Å². The first kappa shape index (κ1) is 20.0. The van der Waals surface area contributed by atoms with Gasteiger partial charge in [0.15, 0.2) is 0 Å². The number of halogens is 2. The Bertz CT molecular complexity index is 714. The lowest BCUT2D eigenvalue weighted by molar-refractivity contribution is -0.137. The average molecular weight is 440 g/mol. The third-order valence-electron chi connectivity index (χ3n) is 4.77. The number of benzene rings is 1. The quantitative estimate of drug-likeness (QED) is 0.668. The van der Waals surface area contributed by atoms with Gasteiger partial charge in [0.05, 0.1) is 19.8 Å². The predicted molar refractivity (Wildman–Crippen MR) is 104 cm³/mol. The highest BCUT2D eigenvalue weighted by Gasteiger charge is 2.24. The number of carbonyl (C=O) groups is 2. The Hall–Kier alpha value is -1.77. The Kier molecular flexibility index (Phi) is 6.98. The molecule has 0 spiro atoms. The van der Waals surface area contributed by atoms with Crippen molar-refractivity contribution in [3.8, 4) is 0 Å². The zero-order chi connectivity index (χ0) is 19.2. The lowest BCUT2D eigenvalue weighted by Gasteiger charge is -2.35. The van der Waals surface area contributed by atoms with Gasteiger partial charge in [0.1, 0.15) is 5.82 Å². The molecular formula is C19H23BrFN3O3. The summed E-state index contributed by atoms with van der Waals surface area (Å²) in [5.41, 5.74) is 0.368. The van der Waals surface area contributed by atoms with Gasteiger partial charge in [-0.1, -0.05) is 15.9 Å². The van der Waals surface area contributed by atoms with E-state index < -0.39 is 0 Å². The van der Waals surface area contributed by atoms with Gasteiger partial charge in [0, 0.05) is 55.4 Å². The van der Waals surface area contributed by atoms with Crippen LogP contribution < -0.4 is 0 Å². The van der Waals surface area contributed by atoms with Crippen molar-refractivity contribution >= 4 is 33.8 Å². The molecule has 3 rings (SSSR count). The van der Waals surface area contributed by atoms with Gasteiger partial charge in [-0.2, -0.15) is 0 Å². The standard InChI is InChI=1S/C19H23BrFN3O3/c20-16-2-3-17(21)15(13-16)1-4-18(25)23-7-5-22(6-8-23)14-19(26)24-9-11-27-12-10-24/h1-4,13H,5-12,14H2/b4-1+. The summed E-state index contributed by atoms with van der Waals surface area (Å²) >= 11 is 3.30. The first-order valence-corrected chi connectivity index (χ1v) is 9.82. The Morgan fingerprint density at radius 1 is 1.07 bits per heavy atom. The van der Waals surface area contributed by atoms with Gasteiger partial charge < -0.3 is 14.5 Å². The number of hydrogen-bond acceptors (Lipinski definition) is 4. The molecule has 8 heteroatoms. The van der Waals surface area contributed by atoms with Crippen LogP contribution in [0.5, 0.6) is 0 Å². The second-order valence-corrected chi connectivity index (χ2v) is 7.51. The maximum Gasteiger partial charge on any atom is 0.246 e. The number of carbonyl (C=O) groups excluding carboxylic acids is 2. The van der Waals surface area contributed by atoms with E-state index in [1.165, 1.54) is 18.2 Å². The van der Waals surface area contributed by atoms with Gasteiger partial charge >= 0.3 is 0 Å². The molecule has 2 saturated heterocycles. The average Bonchev–Trinajstić information content (AvgIpc) is 2.69. The second-order valence-electron chi connectivity index (χ2n) is 6.59. The molecule has 0 atom stereocenters. The number of amides is 2. The Morgan fingerprint density at radius 2 is 1.78 bits per heavy atom. The van der Waals surface area contributed by atoms with Crippen LogP contribution in [0.3, 0.4) is 0 Å². The lowest BCUT2D eigenvalue weighted by Crippen LogP contribution is -2.52. The molecule has 1 aromatic rings. The summed E-state index contributed by atoms with van der Waals surface area (Å²) in [5.74, 6) is -0.398. The van der Waals surface area contributed by atoms with E-state index in [9.17, 15) is 14.0 Å². The van der Waals surface area contributed by atoms with Crippen LogP contribution in [-0.4, -0.2) is 85.5 Å². The fourth-order valence-electron chi connectivity index (χ4n) is 3.14. The SMILES string of the molecule is O=C(/C=C/c1cc(Br)ccc1F)N1CCN(CC(=O)N2CCOCC2)CC1. The van der Waals surface area contributed by atoms with Gasteiger partial charge in [-0.25, -0.2) is 4.39 Å². The molecule has 2 heterocycles. The molecule has 6 nitrogen and oxygen atoms in total. The topological polar surface area (TPSA) is 53.1 Å². The van der Waals surface area contributed by atoms with Crippen molar-refractivity contribution < 1.29 is 18.7 Å². The number of morpholine rings is 1. The Morgan fingerprint density at radius 3 is 2.48 bits per heavy atom. The third-order valence-corrected chi connectivity index (χ3v) is 5.26. The molecule has 0 unspecified atom stereocenters. The number of ether oxygens (including phenoxy) is 1. The summed E-state index contributed by atoms with van der Waals surface area (Å²) in [6.45, 7) is 5.28. The van der Waals surface area contributed by atoms with E-state index in [1.807, 2.05) is 4.90 Å². The van der Waals surface area contributed by atoms with Crippen LogP contribution in [-0.2, 0) is 14.3 Å². The van der Waals surface area contributed by atoms with Crippen LogP contribution in [0.25, 0.3) is 6.08 Å². The van der Waals surface area contributed by atoms with E-state index >= 15 is 0 Å². The van der Waals surface area contributed by atoms with E-state index in [-0.39, 0.29) is 17.6 Å². The third kappa shape index (κ3) is 5.60. The fraction of sp³-hybridized carbons (Fsp3) is 0.474. The van der Waals surface area contributed by atoms with Crippen molar-refractivity contribution in [3.63, 3.8) is 0 Å². The highest BCUT2D eigenvalue weighted by Crippen LogP contribution is 2.17. The molecule has 0 N–H and O–H groups in total. The van der Waals surface area contributed by atoms with Crippen LogP contribution in [0.2, 0.25) is 0 Å². The highest BCUT2D eigenvalue weighted by molar-refractivity contribution is 9.10. The molecule has 0 bridgehead atoms. The minimum absolute atomic E-state index is 0.114. The van der Waals surface area contributed by atoms with Gasteiger partial charge in [-0.05, 0) is 24.3 Å². The molecule has 0 radical (unpaired) electrons. The summed E-state index contributed by atoms with van der Waals surface area (Å²) in [6.07, 6.45) is 2.90. The molecule has 27 heavy (non-hydrogen) atoms. The van der Waals surface area contributed by atoms with E-state index in [1.54, 1.807) is 17.0 Å². The lowest BCUT2D eigenvalue weighted by atomic mass is 10.2. The van der Waals surface area contributed by atoms with Crippen molar-refractivity contribution in [1.29, 1.82) is 0 Å². The smallest absolute Gasteiger partial charge is 0.246 e. The summed E-state index contributed by atoms with van der Waals surface area (Å²) in [5, 5.41) is 0. The first-order chi connectivity index (χ1) is 13.0. The Labute approximate surface area is 166 Å². The summed E-state index contributed by atoms with van der Waals surface area (Å²) < 4.78 is 19.8. The predicted octanol–water partition coefficient (Wildman–Crippen LogP) is 1.60. The maximum atomic E-state index is 13.7. The van der Waals surface area contributed by atoms with Crippen LogP contribution >= 0.6 is 15.9 Å². The van der Waals surface area contributed by atoms with Gasteiger partial charge in [0.25, 0.3) is 0 Å². The van der Waals surface area contributed by atoms with Gasteiger partial charge in [-0.15, -0.1) is 0 Å². The molecule has 2 amide bonds. The van der Waals surface area contributed by atoms with Crippen molar-refractivity contribution in [2.24, 2.45) is 0 Å². The fourth-order valence-corrected chi connectivity index (χ4v) is 3.52. The minimum atomic E-state index is -0.367. The van der Waals surface area contributed by atoms with Gasteiger partial charge in [-0.3, -0.25) is 14.5 Å². The Balaban J connectivity index is 1.47. The molecule has 0 aliphatic carbocycles. The normalized spacial score (nSPS) is 18.9. The number of rotatable bonds is 4. The summed E-state index contributed by atoms with van der Waals surface area (Å²) in [6, 6.07) is 4.61. The van der Waals surface area contributed by atoms with Crippen LogP contribution in [0, 0.1) is 5.82 Å². The molecule has 0 saturated carbocycles. The molecule has 2 aliphatic heterocycles.